The molecule has 6 aliphatic rings. The molecule has 0 spiro atoms. The summed E-state index contributed by atoms with van der Waals surface area (Å²) in [6.07, 6.45) is 23.3. The number of hydrogen-bond acceptors (Lipinski definition) is 2. The van der Waals surface area contributed by atoms with Crippen molar-refractivity contribution in [2.45, 2.75) is 62.2 Å². The smallest absolute Gasteiger partial charge is 0.0514 e. The van der Waals surface area contributed by atoms with Crippen LogP contribution >= 0.6 is 45.2 Å². The van der Waals surface area contributed by atoms with Gasteiger partial charge in [-0.05, 0) is 122 Å². The topological polar surface area (TPSA) is 24.4 Å². The van der Waals surface area contributed by atoms with Crippen LogP contribution in [0.5, 0.6) is 0 Å². The maximum atomic E-state index is 4.69. The minimum atomic E-state index is 0.572. The van der Waals surface area contributed by atoms with Crippen molar-refractivity contribution in [2.24, 2.45) is 34.1 Å². The van der Waals surface area contributed by atoms with Gasteiger partial charge < -0.3 is 5.32 Å². The van der Waals surface area contributed by atoms with E-state index in [1.54, 1.807) is 0 Å². The fraction of sp³-hybridized carbons (Fsp3) is 0.667. The summed E-state index contributed by atoms with van der Waals surface area (Å²) in [6, 6.07) is 0. The highest BCUT2D eigenvalue weighted by Gasteiger charge is 2.52. The molecule has 0 aromatic rings. The Balaban J connectivity index is 1.11. The van der Waals surface area contributed by atoms with E-state index in [1.165, 1.54) is 59.7 Å². The summed E-state index contributed by atoms with van der Waals surface area (Å²) < 4.78 is 1.94. The van der Waals surface area contributed by atoms with Crippen LogP contribution in [0.1, 0.15) is 58.3 Å². The van der Waals surface area contributed by atoms with Gasteiger partial charge in [0.15, 0.2) is 0 Å². The lowest BCUT2D eigenvalue weighted by atomic mass is 9.47. The van der Waals surface area contributed by atoms with Gasteiger partial charge in [0.1, 0.15) is 0 Å². The van der Waals surface area contributed by atoms with Crippen molar-refractivity contribution >= 4 is 51.4 Å². The summed E-state index contributed by atoms with van der Waals surface area (Å²) >= 11 is 4.92. The average Bonchev–Trinajstić information content (AvgIpc) is 2.68. The first-order valence-corrected chi connectivity index (χ1v) is 14.6. The van der Waals surface area contributed by atoms with E-state index in [0.29, 0.717) is 15.3 Å². The van der Waals surface area contributed by atoms with Gasteiger partial charge in [-0.25, -0.2) is 0 Å². The van der Waals surface area contributed by atoms with Gasteiger partial charge in [0.05, 0.1) is 6.54 Å². The summed E-state index contributed by atoms with van der Waals surface area (Å²) in [6.45, 7) is 5.27. The Morgan fingerprint density at radius 3 is 2.45 bits per heavy atom. The molecule has 4 fully saturated rings. The molecular weight excluding hydrogens is 606 g/mol. The van der Waals surface area contributed by atoms with E-state index in [0.717, 1.165) is 43.8 Å². The molecule has 4 heteroatoms. The number of halogens is 2. The SMILES string of the molecule is CC1=CC(CNCCN=CC2=CC(I)=CC(I)C2)CC(C23CC4CC(CC(C4)C2)C3)=C1. The molecule has 0 saturated heterocycles. The first-order chi connectivity index (χ1) is 15.0. The molecule has 0 aromatic carbocycles. The van der Waals surface area contributed by atoms with Crippen molar-refractivity contribution in [2.75, 3.05) is 19.6 Å². The maximum absolute atomic E-state index is 4.69. The lowest BCUT2D eigenvalue weighted by molar-refractivity contribution is -0.0329. The quantitative estimate of drug-likeness (QED) is 0.135. The summed E-state index contributed by atoms with van der Waals surface area (Å²) in [5.74, 6) is 3.76. The molecule has 31 heavy (non-hydrogen) atoms. The van der Waals surface area contributed by atoms with Gasteiger partial charge in [-0.2, -0.15) is 0 Å². The molecule has 4 saturated carbocycles. The van der Waals surface area contributed by atoms with E-state index in [1.807, 2.05) is 5.57 Å². The van der Waals surface area contributed by atoms with Gasteiger partial charge in [-0.3, -0.25) is 4.99 Å². The van der Waals surface area contributed by atoms with E-state index in [-0.39, 0.29) is 0 Å². The van der Waals surface area contributed by atoms with E-state index in [9.17, 15) is 0 Å². The van der Waals surface area contributed by atoms with Crippen molar-refractivity contribution in [3.05, 3.63) is 44.6 Å². The Kier molecular flexibility index (Phi) is 7.16. The lowest BCUT2D eigenvalue weighted by Gasteiger charge is -2.58. The summed E-state index contributed by atoms with van der Waals surface area (Å²) in [5.41, 5.74) is 5.25. The molecular formula is C27H36I2N2. The zero-order chi connectivity index (χ0) is 21.4. The normalized spacial score (nSPS) is 39.4. The predicted molar refractivity (Wildman–Crippen MR) is 149 cm³/mol. The second kappa shape index (κ2) is 9.73. The molecule has 2 atom stereocenters. The number of nitrogens with zero attached hydrogens (tertiary/aromatic N) is 1. The largest absolute Gasteiger partial charge is 0.314 e. The van der Waals surface area contributed by atoms with Crippen LogP contribution in [-0.4, -0.2) is 29.8 Å². The molecule has 6 rings (SSSR count). The Morgan fingerprint density at radius 1 is 1.06 bits per heavy atom. The Hall–Kier alpha value is 0.0500. The number of aliphatic imine (C=N–C) groups is 1. The monoisotopic (exact) mass is 642 g/mol. The van der Waals surface area contributed by atoms with Crippen molar-refractivity contribution in [3.8, 4) is 0 Å². The zero-order valence-corrected chi connectivity index (χ0v) is 23.1. The van der Waals surface area contributed by atoms with Gasteiger partial charge >= 0.3 is 0 Å². The average molecular weight is 642 g/mol. The second-order valence-corrected chi connectivity index (χ2v) is 13.8. The molecule has 4 bridgehead atoms. The van der Waals surface area contributed by atoms with Crippen LogP contribution in [0.15, 0.2) is 49.6 Å². The molecule has 0 amide bonds. The minimum Gasteiger partial charge on any atom is -0.314 e. The first-order valence-electron chi connectivity index (χ1n) is 12.3. The van der Waals surface area contributed by atoms with Crippen LogP contribution in [0.3, 0.4) is 0 Å². The van der Waals surface area contributed by atoms with Crippen LogP contribution < -0.4 is 5.32 Å². The van der Waals surface area contributed by atoms with Crippen LogP contribution in [-0.2, 0) is 0 Å². The molecule has 0 heterocycles. The molecule has 2 unspecified atom stereocenters. The lowest BCUT2D eigenvalue weighted by Crippen LogP contribution is -2.47. The standard InChI is InChI=1S/C27H36I2N2/c1-18-4-22(16-30-2-3-31-17-23-10-25(28)12-26(29)11-23)9-24(5-18)27-13-19-6-20(14-27)8-21(7-19)15-27/h4-5,10,12,17,19-22,26,30H,2-3,6-9,11,13-16H2,1H3. The summed E-state index contributed by atoms with van der Waals surface area (Å²) in [4.78, 5) is 4.69. The van der Waals surface area contributed by atoms with Gasteiger partial charge in [-0.15, -0.1) is 0 Å². The van der Waals surface area contributed by atoms with Crippen LogP contribution in [0.4, 0.5) is 0 Å². The predicted octanol–water partition coefficient (Wildman–Crippen LogP) is 7.21. The van der Waals surface area contributed by atoms with E-state index in [2.05, 4.69) is 92.9 Å². The Bertz CT molecular complexity index is 812. The van der Waals surface area contributed by atoms with E-state index < -0.39 is 0 Å². The van der Waals surface area contributed by atoms with Crippen LogP contribution in [0.2, 0.25) is 0 Å². The minimum absolute atomic E-state index is 0.572. The first kappa shape index (κ1) is 22.8. The zero-order valence-electron chi connectivity index (χ0n) is 18.8. The highest BCUT2D eigenvalue weighted by molar-refractivity contribution is 14.1. The third kappa shape index (κ3) is 5.42. The van der Waals surface area contributed by atoms with Crippen LogP contribution in [0.25, 0.3) is 0 Å². The number of hydrogen-bond donors (Lipinski definition) is 1. The van der Waals surface area contributed by atoms with Crippen molar-refractivity contribution < 1.29 is 0 Å². The third-order valence-corrected chi connectivity index (χ3v) is 9.75. The molecule has 0 aliphatic heterocycles. The second-order valence-electron chi connectivity index (χ2n) is 11.0. The Morgan fingerprint density at radius 2 is 1.77 bits per heavy atom. The third-order valence-electron chi connectivity index (χ3n) is 8.28. The number of alkyl halides is 1. The fourth-order valence-electron chi connectivity index (χ4n) is 7.54. The van der Waals surface area contributed by atoms with Crippen molar-refractivity contribution in [3.63, 3.8) is 0 Å². The number of allylic oxidation sites excluding steroid dienone is 7. The van der Waals surface area contributed by atoms with Crippen molar-refractivity contribution in [1.29, 1.82) is 0 Å². The van der Waals surface area contributed by atoms with Gasteiger partial charge in [-0.1, -0.05) is 52.0 Å². The molecule has 0 aromatic heterocycles. The molecule has 168 valence electrons. The number of rotatable bonds is 7. The molecule has 6 aliphatic carbocycles. The highest BCUT2D eigenvalue weighted by Crippen LogP contribution is 2.63. The van der Waals surface area contributed by atoms with Gasteiger partial charge in [0.2, 0.25) is 0 Å². The van der Waals surface area contributed by atoms with E-state index in [4.69, 9.17) is 0 Å². The molecule has 1 N–H and O–H groups in total. The summed E-state index contributed by atoms with van der Waals surface area (Å²) in [5, 5.41) is 3.71. The molecule has 0 radical (unpaired) electrons. The maximum Gasteiger partial charge on any atom is 0.0514 e. The van der Waals surface area contributed by atoms with Crippen LogP contribution in [0, 0.1) is 29.1 Å². The van der Waals surface area contributed by atoms with Crippen molar-refractivity contribution in [1.82, 2.24) is 5.32 Å². The Labute approximate surface area is 215 Å². The fourth-order valence-corrected chi connectivity index (χ4v) is 9.96. The molecule has 2 nitrogen and oxygen atoms in total. The van der Waals surface area contributed by atoms with E-state index >= 15 is 0 Å². The van der Waals surface area contributed by atoms with Gasteiger partial charge in [0.25, 0.3) is 0 Å². The summed E-state index contributed by atoms with van der Waals surface area (Å²) in [7, 11) is 0. The van der Waals surface area contributed by atoms with Gasteiger partial charge in [0, 0.05) is 26.8 Å². The highest BCUT2D eigenvalue weighted by atomic mass is 127. The number of nitrogens with one attached hydrogen (secondary N) is 1.